The fourth-order valence-corrected chi connectivity index (χ4v) is 19.1. The van der Waals surface area contributed by atoms with Gasteiger partial charge in [-0.15, -0.1) is 0 Å². The van der Waals surface area contributed by atoms with E-state index in [1.807, 2.05) is 71.9 Å². The summed E-state index contributed by atoms with van der Waals surface area (Å²) in [7, 11) is -2.04. The molecule has 0 saturated carbocycles. The highest BCUT2D eigenvalue weighted by molar-refractivity contribution is 7.92. The second-order valence-corrected chi connectivity index (χ2v) is 37.8. The van der Waals surface area contributed by atoms with Crippen molar-refractivity contribution >= 4 is 90.0 Å². The van der Waals surface area contributed by atoms with Gasteiger partial charge in [-0.25, -0.2) is 26.4 Å². The van der Waals surface area contributed by atoms with E-state index >= 15 is 0 Å². The number of methoxy groups -OCH3 is 2. The van der Waals surface area contributed by atoms with E-state index in [0.717, 1.165) is 16.7 Å². The molecule has 1 fully saturated rings. The van der Waals surface area contributed by atoms with E-state index in [9.17, 15) is 74.7 Å². The van der Waals surface area contributed by atoms with Crippen LogP contribution in [0, 0.1) is 67.1 Å². The summed E-state index contributed by atoms with van der Waals surface area (Å²) in [6.45, 7) is 22.1. The molecule has 1 aliphatic rings. The molecule has 1 heterocycles. The van der Waals surface area contributed by atoms with Crippen LogP contribution in [0.2, 0.25) is 0 Å². The summed E-state index contributed by atoms with van der Waals surface area (Å²) >= 11 is 0. The van der Waals surface area contributed by atoms with E-state index in [1.54, 1.807) is 114 Å². The van der Waals surface area contributed by atoms with Crippen molar-refractivity contribution in [2.45, 2.75) is 213 Å². The van der Waals surface area contributed by atoms with Gasteiger partial charge in [0.05, 0.1) is 89.3 Å². The Kier molecular flexibility index (Phi) is 41.0. The molecule has 0 aliphatic carbocycles. The maximum atomic E-state index is 15.0. The number of urea groups is 1. The number of likely N-dealkylation sites (tertiary alicyclic amines) is 1. The van der Waals surface area contributed by atoms with Crippen LogP contribution in [0.5, 0.6) is 0 Å². The second-order valence-electron chi connectivity index (χ2n) is 33.8. The lowest BCUT2D eigenvalue weighted by Crippen LogP contribution is -2.54. The first-order valence-electron chi connectivity index (χ1n) is 42.6. The van der Waals surface area contributed by atoms with Gasteiger partial charge in [-0.2, -0.15) is 0 Å². The van der Waals surface area contributed by atoms with Crippen molar-refractivity contribution in [1.82, 2.24) is 25.3 Å². The molecule has 12 atom stereocenters. The van der Waals surface area contributed by atoms with Crippen LogP contribution in [0.4, 0.5) is 15.3 Å². The van der Waals surface area contributed by atoms with Gasteiger partial charge in [0, 0.05) is 108 Å². The van der Waals surface area contributed by atoms with Crippen LogP contribution < -0.4 is 21.7 Å². The lowest BCUT2D eigenvalue weighted by molar-refractivity contribution is -0.149. The Morgan fingerprint density at radius 3 is 1.75 bits per heavy atom. The quantitative estimate of drug-likeness (QED) is 0.0178. The number of aliphatic hydroxyl groups excluding tert-OH is 1. The van der Waals surface area contributed by atoms with E-state index in [1.165, 1.54) is 67.6 Å². The van der Waals surface area contributed by atoms with Gasteiger partial charge in [-0.05, 0) is 123 Å². The molecule has 123 heavy (non-hydrogen) atoms. The number of hydrogen-bond acceptors (Lipinski definition) is 21. The number of nitrogens with zero attached hydrogens (tertiary/aromatic N) is 3. The predicted octanol–water partition coefficient (Wildman–Crippen LogP) is 11.9. The molecule has 5 aromatic rings. The third-order valence-electron chi connectivity index (χ3n) is 23.3. The highest BCUT2D eigenvalue weighted by Crippen LogP contribution is 2.35. The van der Waals surface area contributed by atoms with E-state index in [4.69, 9.17) is 29.4 Å². The van der Waals surface area contributed by atoms with Gasteiger partial charge in [-0.3, -0.25) is 43.2 Å². The molecule has 0 radical (unpaired) electrons. The average molecular weight is 1750 g/mol. The minimum absolute atomic E-state index is 0.0173. The van der Waals surface area contributed by atoms with Gasteiger partial charge < -0.3 is 65.2 Å². The lowest BCUT2D eigenvalue weighted by Gasteiger charge is -2.41. The third kappa shape index (κ3) is 30.7. The summed E-state index contributed by atoms with van der Waals surface area (Å²) in [6.07, 6.45) is -0.758. The zero-order valence-electron chi connectivity index (χ0n) is 74.4. The normalized spacial score (nSPS) is 15.8. The van der Waals surface area contributed by atoms with Crippen LogP contribution in [0.25, 0.3) is 0 Å². The summed E-state index contributed by atoms with van der Waals surface area (Å²) in [5.74, 6) is -10.5. The topological polar surface area (TPSA) is 394 Å². The monoisotopic (exact) mass is 1750 g/mol. The number of likely N-dealkylation sites (N-methyl/N-ethyl adjacent to an activating group) is 2. The number of aryl methyl sites for hydroxylation is 2. The number of anilines is 1. The van der Waals surface area contributed by atoms with Gasteiger partial charge in [0.25, 0.3) is 0 Å². The van der Waals surface area contributed by atoms with Crippen molar-refractivity contribution in [3.05, 3.63) is 161 Å². The van der Waals surface area contributed by atoms with E-state index in [0.29, 0.717) is 43.5 Å². The van der Waals surface area contributed by atoms with E-state index in [-0.39, 0.29) is 146 Å². The summed E-state index contributed by atoms with van der Waals surface area (Å²) in [6, 6.07) is 29.5. The number of hydrogen-bond donors (Lipinski definition) is 5. The number of Topliss-reactive ketones (excluding diaryl/α,β-unsaturated/α-hetero) is 5. The molecule has 0 aromatic heterocycles. The number of carbonyl (C=O) groups is 11. The highest BCUT2D eigenvalue weighted by atomic mass is 32.2. The Morgan fingerprint density at radius 1 is 0.618 bits per heavy atom. The Labute approximate surface area is 726 Å². The van der Waals surface area contributed by atoms with Crippen LogP contribution in [0.1, 0.15) is 189 Å². The van der Waals surface area contributed by atoms with Crippen LogP contribution in [-0.4, -0.2) is 217 Å². The van der Waals surface area contributed by atoms with Crippen LogP contribution in [-0.2, 0) is 83.5 Å². The second kappa shape index (κ2) is 49.3. The van der Waals surface area contributed by atoms with Crippen LogP contribution in [0.15, 0.2) is 137 Å². The first-order chi connectivity index (χ1) is 58.1. The maximum absolute atomic E-state index is 15.0. The number of primary amides is 1. The molecule has 676 valence electrons. The van der Waals surface area contributed by atoms with Crippen molar-refractivity contribution in [3.63, 3.8) is 0 Å². The number of ether oxygens (including phenoxy) is 5. The highest BCUT2D eigenvalue weighted by Gasteiger charge is 2.45. The number of rotatable bonds is 53. The largest absolute Gasteiger partial charge is 0.445 e. The SMILES string of the molecule is CC[C@H](C)[C@H]([C@@H](CC(=O)N1CCC[C@H]1[C@H](OC)[C@@H](C)C(=O)C[C@H](C)[C@@H](O)c1ccccc1)OC)N(C)C(=O)[C@@H](CC(=O)[C@H](C(C)C)N(C)C(=O)OCc1ccc(NC(=O)[C@H](CCCNC(N)=O)CC(=O)[C@@H](NC(=O)COCCOCCCC(=O)c2ccc(C(=O)C(CS(=O)(=O)c3ccc(C)cc3)CS(=O)(=O)c3ccc(C)cc3)cc2)C(C)C)cc1)C(C)C. The number of amides is 7. The zero-order valence-corrected chi connectivity index (χ0v) is 76.0. The molecule has 0 spiro atoms. The fourth-order valence-electron chi connectivity index (χ4n) is 15.9. The van der Waals surface area contributed by atoms with Crippen LogP contribution in [0.3, 0.4) is 0 Å². The number of nitrogens with one attached hydrogen (secondary N) is 3. The minimum atomic E-state index is -4.12. The molecule has 30 heteroatoms. The van der Waals surface area contributed by atoms with E-state index < -0.39 is 151 Å². The molecule has 6 rings (SSSR count). The molecule has 7 amide bonds. The van der Waals surface area contributed by atoms with Gasteiger partial charge in [0.2, 0.25) is 23.6 Å². The minimum Gasteiger partial charge on any atom is -0.445 e. The third-order valence-corrected chi connectivity index (χ3v) is 27.0. The molecule has 1 saturated heterocycles. The number of ketones is 5. The fraction of sp³-hybridized carbons (Fsp3) is 0.559. The zero-order chi connectivity index (χ0) is 91.2. The van der Waals surface area contributed by atoms with E-state index in [2.05, 4.69) is 16.0 Å². The van der Waals surface area contributed by atoms with Crippen molar-refractivity contribution in [1.29, 1.82) is 0 Å². The van der Waals surface area contributed by atoms with Crippen molar-refractivity contribution < 1.29 is 98.4 Å². The van der Waals surface area contributed by atoms with Gasteiger partial charge in [-0.1, -0.05) is 178 Å². The Balaban J connectivity index is 0.969. The molecule has 0 bridgehead atoms. The van der Waals surface area contributed by atoms with Gasteiger partial charge in [0.15, 0.2) is 42.8 Å². The van der Waals surface area contributed by atoms with Crippen molar-refractivity contribution in [2.75, 3.05) is 84.7 Å². The molecule has 5 aromatic carbocycles. The average Bonchev–Trinajstić information content (AvgIpc) is 1.57. The van der Waals surface area contributed by atoms with Crippen molar-refractivity contribution in [3.8, 4) is 0 Å². The molecule has 6 N–H and O–H groups in total. The molecule has 0 unspecified atom stereocenters. The predicted molar refractivity (Wildman–Crippen MR) is 469 cm³/mol. The molecular formula is C93H131N7O21S2. The smallest absolute Gasteiger partial charge is 0.410 e. The summed E-state index contributed by atoms with van der Waals surface area (Å²) in [5, 5.41) is 19.1. The molecule has 1 aliphatic heterocycles. The standard InChI is InChI=1S/C93H131N7O21S2/c1-17-63(10)86(81(117-15)53-83(106)100-46-22-27-76(100)89(118-16)65(12)78(102)50-64(11)87(107)68-24-19-18-20-25-68)98(13)91(110)75(58(2)3)52-80(104)85(60(6)7)99(14)93(112)121-54-66-33-39-72(40-34-66)96-90(109)70(26-21-45-95-92(94)111)51-79(103)84(59(4)5)97-82(105)55-120-49-48-119-47-23-28-77(101)67-35-37-69(38-36-67)88(108)71(56-122(113,114)73-41-29-61(8)30-42-73)57-123(115,116)74-43-31-62(9)32-44-74/h18-20,24-25,29-44,58-60,63-65,70-71,75-76,81,84-87,89,107H,17,21-23,26-28,45-57H2,1-16H3,(H,96,109)(H,97,105)(H3,94,95,111)/t63-,64-,65-,70+,75-,76-,81+,84-,85-,86+,87+,89+/m0/s1. The first kappa shape index (κ1) is 102. The van der Waals surface area contributed by atoms with Crippen LogP contribution >= 0.6 is 0 Å². The number of carbonyl (C=O) groups excluding carboxylic acids is 11. The number of benzene rings is 5. The Hall–Kier alpha value is -9.43. The number of sulfone groups is 2. The first-order valence-corrected chi connectivity index (χ1v) is 45.9. The number of aliphatic hydroxyl groups is 1. The number of nitrogens with two attached hydrogens (primary N) is 1. The maximum Gasteiger partial charge on any atom is 0.410 e. The molecule has 28 nitrogen and oxygen atoms in total. The molecular weight excluding hydrogens is 1620 g/mol. The Bertz CT molecular complexity index is 4470. The lowest BCUT2D eigenvalue weighted by atomic mass is 9.83. The Morgan fingerprint density at radius 2 is 1.20 bits per heavy atom. The van der Waals surface area contributed by atoms with Gasteiger partial charge in [0.1, 0.15) is 19.0 Å². The van der Waals surface area contributed by atoms with Gasteiger partial charge >= 0.3 is 12.1 Å². The summed E-state index contributed by atoms with van der Waals surface area (Å²) in [5.41, 5.74) is 8.83. The van der Waals surface area contributed by atoms with Crippen molar-refractivity contribution in [2.24, 2.45) is 59.0 Å². The summed E-state index contributed by atoms with van der Waals surface area (Å²) in [4.78, 5) is 157. The summed E-state index contributed by atoms with van der Waals surface area (Å²) < 4.78 is 83.6.